The van der Waals surface area contributed by atoms with E-state index >= 15 is 0 Å². The van der Waals surface area contributed by atoms with Gasteiger partial charge in [-0.1, -0.05) is 12.8 Å². The van der Waals surface area contributed by atoms with E-state index in [4.69, 9.17) is 5.11 Å². The molecular weight excluding hydrogens is 184 g/mol. The summed E-state index contributed by atoms with van der Waals surface area (Å²) in [5.41, 5.74) is 0. The summed E-state index contributed by atoms with van der Waals surface area (Å²) in [6, 6.07) is 0.0259. The van der Waals surface area contributed by atoms with E-state index in [2.05, 4.69) is 10.6 Å². The number of rotatable bonds is 4. The summed E-state index contributed by atoms with van der Waals surface area (Å²) in [4.78, 5) is 21.3. The molecule has 0 aromatic rings. The number of aliphatic carboxylic acids is 1. The molecule has 0 atom stereocenters. The summed E-state index contributed by atoms with van der Waals surface area (Å²) in [5, 5.41) is 13.7. The van der Waals surface area contributed by atoms with Crippen molar-refractivity contribution in [1.82, 2.24) is 10.6 Å². The number of carbonyl (C=O) groups excluding carboxylic acids is 1. The Bertz CT molecular complexity index is 212. The van der Waals surface area contributed by atoms with Gasteiger partial charge >= 0.3 is 12.0 Å². The maximum atomic E-state index is 11.2. The largest absolute Gasteiger partial charge is 0.481 e. The molecule has 0 aromatic carbocycles. The maximum Gasteiger partial charge on any atom is 0.315 e. The first-order chi connectivity index (χ1) is 6.68. The zero-order valence-corrected chi connectivity index (χ0v) is 8.08. The number of hydrogen-bond acceptors (Lipinski definition) is 2. The van der Waals surface area contributed by atoms with Gasteiger partial charge in [-0.3, -0.25) is 4.79 Å². The van der Waals surface area contributed by atoms with Gasteiger partial charge in [-0.05, 0) is 12.8 Å². The van der Waals surface area contributed by atoms with Gasteiger partial charge in [0.25, 0.3) is 0 Å². The Labute approximate surface area is 82.9 Å². The maximum absolute atomic E-state index is 11.2. The molecule has 0 saturated heterocycles. The molecule has 14 heavy (non-hydrogen) atoms. The van der Waals surface area contributed by atoms with E-state index in [1.165, 1.54) is 12.8 Å². The van der Waals surface area contributed by atoms with Crippen LogP contribution in [0, 0.1) is 0 Å². The van der Waals surface area contributed by atoms with Gasteiger partial charge in [0.05, 0.1) is 6.42 Å². The summed E-state index contributed by atoms with van der Waals surface area (Å²) in [6.45, 7) is 0.188. The van der Waals surface area contributed by atoms with E-state index in [1.54, 1.807) is 0 Å². The molecule has 1 fully saturated rings. The standard InChI is InChI=1S/C9H16N2O3/c12-8(13)5-6-10-9(14)11-7-3-1-2-4-7/h7H,1-6H2,(H,12,13)(H2,10,11,14). The molecule has 5 nitrogen and oxygen atoms in total. The number of hydrogen-bond donors (Lipinski definition) is 3. The van der Waals surface area contributed by atoms with Crippen molar-refractivity contribution in [3.63, 3.8) is 0 Å². The number of carboxylic acids is 1. The number of nitrogens with one attached hydrogen (secondary N) is 2. The summed E-state index contributed by atoms with van der Waals surface area (Å²) < 4.78 is 0. The Morgan fingerprint density at radius 1 is 1.29 bits per heavy atom. The van der Waals surface area contributed by atoms with Crippen molar-refractivity contribution in [3.8, 4) is 0 Å². The van der Waals surface area contributed by atoms with Crippen molar-refractivity contribution in [2.45, 2.75) is 38.1 Å². The van der Waals surface area contributed by atoms with Crippen LogP contribution in [0.4, 0.5) is 4.79 Å². The number of amides is 2. The normalized spacial score (nSPS) is 16.6. The second kappa shape index (κ2) is 5.47. The van der Waals surface area contributed by atoms with Crippen LogP contribution >= 0.6 is 0 Å². The monoisotopic (exact) mass is 200 g/mol. The van der Waals surface area contributed by atoms with Crippen LogP contribution in [0.5, 0.6) is 0 Å². The highest BCUT2D eigenvalue weighted by Gasteiger charge is 2.16. The van der Waals surface area contributed by atoms with Crippen LogP contribution in [-0.2, 0) is 4.79 Å². The lowest BCUT2D eigenvalue weighted by Gasteiger charge is -2.12. The minimum absolute atomic E-state index is 0.0297. The number of carbonyl (C=O) groups is 2. The Morgan fingerprint density at radius 2 is 1.93 bits per heavy atom. The van der Waals surface area contributed by atoms with E-state index in [1.807, 2.05) is 0 Å². The fourth-order valence-corrected chi connectivity index (χ4v) is 1.59. The Kier molecular flexibility index (Phi) is 4.22. The van der Waals surface area contributed by atoms with E-state index in [-0.39, 0.29) is 25.0 Å². The summed E-state index contributed by atoms with van der Waals surface area (Å²) >= 11 is 0. The van der Waals surface area contributed by atoms with Gasteiger partial charge in [0.1, 0.15) is 0 Å². The molecule has 0 bridgehead atoms. The second-order valence-corrected chi connectivity index (χ2v) is 3.53. The predicted molar refractivity (Wildman–Crippen MR) is 51.0 cm³/mol. The van der Waals surface area contributed by atoms with Crippen molar-refractivity contribution in [2.24, 2.45) is 0 Å². The molecular formula is C9H16N2O3. The van der Waals surface area contributed by atoms with Crippen LogP contribution in [0.15, 0.2) is 0 Å². The van der Waals surface area contributed by atoms with Crippen LogP contribution < -0.4 is 10.6 Å². The van der Waals surface area contributed by atoms with Gasteiger partial charge in [0, 0.05) is 12.6 Å². The van der Waals surface area contributed by atoms with Gasteiger partial charge in [-0.15, -0.1) is 0 Å². The fourth-order valence-electron chi connectivity index (χ4n) is 1.59. The molecule has 80 valence electrons. The van der Waals surface area contributed by atoms with Crippen LogP contribution in [-0.4, -0.2) is 29.7 Å². The van der Waals surface area contributed by atoms with Crippen molar-refractivity contribution in [3.05, 3.63) is 0 Å². The number of carboxylic acid groups (broad SMARTS) is 1. The molecule has 0 unspecified atom stereocenters. The molecule has 3 N–H and O–H groups in total. The smallest absolute Gasteiger partial charge is 0.315 e. The molecule has 0 aromatic heterocycles. The fraction of sp³-hybridized carbons (Fsp3) is 0.778. The summed E-state index contributed by atoms with van der Waals surface area (Å²) in [5.74, 6) is -0.897. The average molecular weight is 200 g/mol. The van der Waals surface area contributed by atoms with E-state index in [0.29, 0.717) is 0 Å². The first-order valence-electron chi connectivity index (χ1n) is 4.94. The van der Waals surface area contributed by atoms with Crippen LogP contribution in [0.1, 0.15) is 32.1 Å². The zero-order chi connectivity index (χ0) is 10.4. The van der Waals surface area contributed by atoms with Crippen LogP contribution in [0.3, 0.4) is 0 Å². The number of urea groups is 1. The topological polar surface area (TPSA) is 78.4 Å². The lowest BCUT2D eigenvalue weighted by molar-refractivity contribution is -0.136. The van der Waals surface area contributed by atoms with E-state index in [9.17, 15) is 9.59 Å². The first-order valence-corrected chi connectivity index (χ1v) is 4.94. The molecule has 1 aliphatic rings. The van der Waals surface area contributed by atoms with Crippen molar-refractivity contribution in [1.29, 1.82) is 0 Å². The van der Waals surface area contributed by atoms with Crippen molar-refractivity contribution < 1.29 is 14.7 Å². The minimum Gasteiger partial charge on any atom is -0.481 e. The van der Waals surface area contributed by atoms with Gasteiger partial charge < -0.3 is 15.7 Å². The van der Waals surface area contributed by atoms with Crippen molar-refractivity contribution in [2.75, 3.05) is 6.54 Å². The minimum atomic E-state index is -0.897. The molecule has 1 aliphatic carbocycles. The van der Waals surface area contributed by atoms with Crippen LogP contribution in [0.25, 0.3) is 0 Å². The quantitative estimate of drug-likeness (QED) is 0.625. The van der Waals surface area contributed by atoms with E-state index < -0.39 is 5.97 Å². The van der Waals surface area contributed by atoms with E-state index in [0.717, 1.165) is 12.8 Å². The Balaban J connectivity index is 2.06. The first kappa shape index (κ1) is 10.8. The predicted octanol–water partition coefficient (Wildman–Crippen LogP) is 0.703. The lowest BCUT2D eigenvalue weighted by atomic mass is 10.2. The summed E-state index contributed by atoms with van der Waals surface area (Å²) in [7, 11) is 0. The van der Waals surface area contributed by atoms with Gasteiger partial charge in [-0.2, -0.15) is 0 Å². The summed E-state index contributed by atoms with van der Waals surface area (Å²) in [6.07, 6.45) is 4.37. The average Bonchev–Trinajstić information content (AvgIpc) is 2.56. The third-order valence-corrected chi connectivity index (χ3v) is 2.31. The zero-order valence-electron chi connectivity index (χ0n) is 8.08. The molecule has 2 amide bonds. The SMILES string of the molecule is O=C(O)CCNC(=O)NC1CCCC1. The van der Waals surface area contributed by atoms with Gasteiger partial charge in [-0.25, -0.2) is 4.79 Å². The van der Waals surface area contributed by atoms with Gasteiger partial charge in [0.2, 0.25) is 0 Å². The third kappa shape index (κ3) is 4.11. The molecule has 1 rings (SSSR count). The Hall–Kier alpha value is -1.26. The molecule has 5 heteroatoms. The highest BCUT2D eigenvalue weighted by molar-refractivity contribution is 5.75. The van der Waals surface area contributed by atoms with Gasteiger partial charge in [0.15, 0.2) is 0 Å². The lowest BCUT2D eigenvalue weighted by Crippen LogP contribution is -2.41. The second-order valence-electron chi connectivity index (χ2n) is 3.53. The highest BCUT2D eigenvalue weighted by Crippen LogP contribution is 2.17. The molecule has 0 aliphatic heterocycles. The highest BCUT2D eigenvalue weighted by atomic mass is 16.4. The Morgan fingerprint density at radius 3 is 2.50 bits per heavy atom. The van der Waals surface area contributed by atoms with Crippen molar-refractivity contribution >= 4 is 12.0 Å². The molecule has 0 spiro atoms. The van der Waals surface area contributed by atoms with Crippen LogP contribution in [0.2, 0.25) is 0 Å². The molecule has 1 saturated carbocycles. The third-order valence-electron chi connectivity index (χ3n) is 2.31. The molecule has 0 radical (unpaired) electrons. The molecule has 0 heterocycles.